The molecule has 5 nitrogen and oxygen atoms in total. The number of benzene rings is 3. The van der Waals surface area contributed by atoms with Gasteiger partial charge in [0.05, 0.1) is 22.4 Å². The summed E-state index contributed by atoms with van der Waals surface area (Å²) < 4.78 is 101. The second-order valence-electron chi connectivity index (χ2n) is 7.68. The minimum absolute atomic E-state index is 0.131. The summed E-state index contributed by atoms with van der Waals surface area (Å²) in [4.78, 5) is -0.131. The lowest BCUT2D eigenvalue weighted by molar-refractivity contribution is -0.127. The van der Waals surface area contributed by atoms with E-state index in [0.29, 0.717) is 3.97 Å². The number of ether oxygens (including phenoxy) is 1. The van der Waals surface area contributed by atoms with Crippen molar-refractivity contribution in [2.75, 3.05) is 0 Å². The van der Waals surface area contributed by atoms with Crippen molar-refractivity contribution in [2.45, 2.75) is 24.4 Å². The van der Waals surface area contributed by atoms with Crippen LogP contribution < -0.4 is 4.74 Å². The van der Waals surface area contributed by atoms with Gasteiger partial charge >= 0.3 is 6.18 Å². The fourth-order valence-electron chi connectivity index (χ4n) is 3.57. The van der Waals surface area contributed by atoms with Gasteiger partial charge in [-0.3, -0.25) is 0 Å². The van der Waals surface area contributed by atoms with E-state index >= 15 is 4.39 Å². The van der Waals surface area contributed by atoms with Crippen LogP contribution in [0, 0.1) is 29.9 Å². The van der Waals surface area contributed by atoms with Gasteiger partial charge in [0.25, 0.3) is 10.0 Å². The van der Waals surface area contributed by atoms with Gasteiger partial charge in [0.1, 0.15) is 17.6 Å². The van der Waals surface area contributed by atoms with Crippen molar-refractivity contribution in [1.29, 1.82) is 5.26 Å². The average Bonchev–Trinajstić information content (AvgIpc) is 3.21. The van der Waals surface area contributed by atoms with Crippen LogP contribution in [0.1, 0.15) is 16.7 Å². The number of hydrogen-bond donors (Lipinski definition) is 0. The predicted molar refractivity (Wildman–Crippen MR) is 117 cm³/mol. The smallest absolute Gasteiger partial charge is 0.393 e. The van der Waals surface area contributed by atoms with Crippen LogP contribution in [0.3, 0.4) is 0 Å². The Balaban J connectivity index is 1.91. The van der Waals surface area contributed by atoms with Crippen molar-refractivity contribution in [2.24, 2.45) is 0 Å². The molecule has 0 saturated heterocycles. The molecule has 1 heterocycles. The van der Waals surface area contributed by atoms with Gasteiger partial charge in [0.2, 0.25) is 0 Å². The molecule has 4 rings (SSSR count). The van der Waals surface area contributed by atoms with Crippen LogP contribution >= 0.6 is 0 Å². The first kappa shape index (κ1) is 24.2. The van der Waals surface area contributed by atoms with Gasteiger partial charge in [-0.2, -0.15) is 18.4 Å². The molecule has 35 heavy (non-hydrogen) atoms. The Labute approximate surface area is 196 Å². The third-order valence-corrected chi connectivity index (χ3v) is 6.91. The largest absolute Gasteiger partial charge is 0.454 e. The Morgan fingerprint density at radius 3 is 2.31 bits per heavy atom. The Bertz CT molecular complexity index is 1580. The molecule has 0 aliphatic rings. The molecule has 0 radical (unpaired) electrons. The van der Waals surface area contributed by atoms with E-state index in [-0.39, 0.29) is 21.5 Å². The number of hydrogen-bond acceptors (Lipinski definition) is 4. The van der Waals surface area contributed by atoms with Gasteiger partial charge < -0.3 is 4.74 Å². The van der Waals surface area contributed by atoms with Crippen LogP contribution in [-0.2, 0) is 16.4 Å². The van der Waals surface area contributed by atoms with Gasteiger partial charge in [0.15, 0.2) is 11.6 Å². The Morgan fingerprint density at radius 1 is 1.00 bits per heavy atom. The van der Waals surface area contributed by atoms with Crippen molar-refractivity contribution in [3.63, 3.8) is 0 Å². The molecule has 0 bridgehead atoms. The Kier molecular flexibility index (Phi) is 6.02. The minimum Gasteiger partial charge on any atom is -0.454 e. The highest BCUT2D eigenvalue weighted by Crippen LogP contribution is 2.39. The summed E-state index contributed by atoms with van der Waals surface area (Å²) in [7, 11) is -4.25. The van der Waals surface area contributed by atoms with Gasteiger partial charge in [-0.25, -0.2) is 21.2 Å². The lowest BCUT2D eigenvalue weighted by Crippen LogP contribution is -2.14. The molecule has 0 saturated carbocycles. The minimum atomic E-state index is -4.79. The van der Waals surface area contributed by atoms with Crippen LogP contribution in [0.2, 0.25) is 0 Å². The Hall–Kier alpha value is -3.91. The van der Waals surface area contributed by atoms with E-state index in [0.717, 1.165) is 42.1 Å². The number of nitriles is 1. The van der Waals surface area contributed by atoms with E-state index in [4.69, 9.17) is 10.00 Å². The van der Waals surface area contributed by atoms with E-state index in [1.54, 1.807) is 25.1 Å². The quantitative estimate of drug-likeness (QED) is 0.301. The van der Waals surface area contributed by atoms with Gasteiger partial charge in [-0.15, -0.1) is 0 Å². The number of aryl methyl sites for hydroxylation is 1. The molecule has 4 aromatic rings. The first-order valence-electron chi connectivity index (χ1n) is 9.99. The maximum atomic E-state index is 15.2. The lowest BCUT2D eigenvalue weighted by atomic mass is 10.0. The topological polar surface area (TPSA) is 72.1 Å². The van der Waals surface area contributed by atoms with Crippen LogP contribution in [0.25, 0.3) is 10.9 Å². The number of halogens is 5. The average molecular weight is 506 g/mol. The number of alkyl halides is 3. The molecule has 0 unspecified atom stereocenters. The molecule has 0 aliphatic carbocycles. The summed E-state index contributed by atoms with van der Waals surface area (Å²) in [6.45, 7) is 1.75. The maximum absolute atomic E-state index is 15.2. The summed E-state index contributed by atoms with van der Waals surface area (Å²) in [6, 6.07) is 12.0. The van der Waals surface area contributed by atoms with Crippen LogP contribution in [0.4, 0.5) is 22.0 Å². The predicted octanol–water partition coefficient (Wildman–Crippen LogP) is 6.23. The first-order valence-corrected chi connectivity index (χ1v) is 11.4. The van der Waals surface area contributed by atoms with Crippen molar-refractivity contribution in [1.82, 2.24) is 3.97 Å². The fraction of sp³-hybridized carbons (Fsp3) is 0.125. The SMILES string of the molecule is Cc1ccc(S(=O)(=O)n2ccc3c(CC(F)(F)F)c(Oc4ccc(F)c(C#N)c4)c(F)cc32)cc1. The van der Waals surface area contributed by atoms with Crippen molar-refractivity contribution >= 4 is 20.9 Å². The highest BCUT2D eigenvalue weighted by molar-refractivity contribution is 7.90. The number of nitrogens with zero attached hydrogens (tertiary/aromatic N) is 2. The van der Waals surface area contributed by atoms with E-state index in [2.05, 4.69) is 0 Å². The highest BCUT2D eigenvalue weighted by Gasteiger charge is 2.33. The zero-order valence-corrected chi connectivity index (χ0v) is 18.7. The Morgan fingerprint density at radius 2 is 1.69 bits per heavy atom. The molecular weight excluding hydrogens is 491 g/mol. The van der Waals surface area contributed by atoms with Gasteiger partial charge in [0, 0.05) is 29.3 Å². The maximum Gasteiger partial charge on any atom is 0.393 e. The van der Waals surface area contributed by atoms with Crippen molar-refractivity contribution < 1.29 is 35.1 Å². The normalized spacial score (nSPS) is 12.0. The molecular formula is C24H15F5N2O3S. The second-order valence-corrected chi connectivity index (χ2v) is 9.49. The van der Waals surface area contributed by atoms with Crippen LogP contribution in [0.5, 0.6) is 11.5 Å². The third kappa shape index (κ3) is 4.70. The molecule has 0 amide bonds. The number of rotatable bonds is 5. The molecule has 0 aliphatic heterocycles. The number of fused-ring (bicyclic) bond motifs is 1. The molecule has 1 aromatic heterocycles. The van der Waals surface area contributed by atoms with Crippen molar-refractivity contribution in [3.05, 3.63) is 89.1 Å². The number of aromatic nitrogens is 1. The van der Waals surface area contributed by atoms with E-state index in [1.807, 2.05) is 0 Å². The molecule has 0 spiro atoms. The molecule has 0 N–H and O–H groups in total. The zero-order chi connectivity index (χ0) is 25.5. The van der Waals surface area contributed by atoms with Gasteiger partial charge in [-0.1, -0.05) is 17.7 Å². The summed E-state index contributed by atoms with van der Waals surface area (Å²) in [5.74, 6) is -3.23. The summed E-state index contributed by atoms with van der Waals surface area (Å²) in [6.07, 6.45) is -5.39. The third-order valence-electron chi connectivity index (χ3n) is 5.20. The summed E-state index contributed by atoms with van der Waals surface area (Å²) in [5, 5.41) is 8.78. The van der Waals surface area contributed by atoms with Gasteiger partial charge in [-0.05, 0) is 37.3 Å². The van der Waals surface area contributed by atoms with Crippen molar-refractivity contribution in [3.8, 4) is 17.6 Å². The van der Waals surface area contributed by atoms with E-state index in [1.165, 1.54) is 12.1 Å². The first-order chi connectivity index (χ1) is 16.4. The summed E-state index contributed by atoms with van der Waals surface area (Å²) in [5.41, 5.74) is -0.613. The standard InChI is InChI=1S/C24H15F5N2O3S/c1-14-2-5-17(6-3-14)35(32,33)31-9-8-18-19(12-24(27,28)29)23(21(26)11-22(18)31)34-16-4-7-20(25)15(10-16)13-30/h2-11H,12H2,1H3. The fourth-order valence-corrected chi connectivity index (χ4v) is 4.90. The highest BCUT2D eigenvalue weighted by atomic mass is 32.2. The van der Waals surface area contributed by atoms with E-state index in [9.17, 15) is 26.0 Å². The summed E-state index contributed by atoms with van der Waals surface area (Å²) >= 11 is 0. The molecule has 11 heteroatoms. The molecule has 0 fully saturated rings. The lowest BCUT2D eigenvalue weighted by Gasteiger charge is -2.16. The van der Waals surface area contributed by atoms with E-state index < -0.39 is 51.1 Å². The molecule has 180 valence electrons. The molecule has 0 atom stereocenters. The zero-order valence-electron chi connectivity index (χ0n) is 17.9. The van der Waals surface area contributed by atoms with Crippen LogP contribution in [-0.4, -0.2) is 18.6 Å². The second kappa shape index (κ2) is 8.70. The van der Waals surface area contributed by atoms with Crippen LogP contribution in [0.15, 0.2) is 65.7 Å². The monoisotopic (exact) mass is 506 g/mol. The molecule has 3 aromatic carbocycles.